The van der Waals surface area contributed by atoms with E-state index in [1.807, 2.05) is 18.2 Å². The van der Waals surface area contributed by atoms with Crippen molar-refractivity contribution in [2.75, 3.05) is 7.11 Å². The average molecular weight is 241 g/mol. The van der Waals surface area contributed by atoms with E-state index in [1.54, 1.807) is 36.0 Å². The van der Waals surface area contributed by atoms with Gasteiger partial charge in [0.25, 0.3) is 0 Å². The summed E-state index contributed by atoms with van der Waals surface area (Å²) < 4.78 is 6.78. The predicted octanol–water partition coefficient (Wildman–Crippen LogP) is 2.11. The second-order valence-electron chi connectivity index (χ2n) is 3.86. The molecule has 1 N–H and O–H groups in total. The van der Waals surface area contributed by atoms with Crippen molar-refractivity contribution in [2.45, 2.75) is 0 Å². The van der Waals surface area contributed by atoms with E-state index in [2.05, 4.69) is 10.1 Å². The molecule has 1 aromatic carbocycles. The second-order valence-corrected chi connectivity index (χ2v) is 3.86. The Bertz CT molecular complexity index is 706. The monoisotopic (exact) mass is 241 g/mol. The van der Waals surface area contributed by atoms with Gasteiger partial charge in [0, 0.05) is 5.56 Å². The number of fused-ring (bicyclic) bond motifs is 1. The maximum Gasteiger partial charge on any atom is 0.182 e. The number of benzene rings is 1. The number of phenolic OH excluding ortho intramolecular Hbond substituents is 1. The highest BCUT2D eigenvalue weighted by Crippen LogP contribution is 2.21. The fourth-order valence-electron chi connectivity index (χ4n) is 1.75. The highest BCUT2D eigenvalue weighted by Gasteiger charge is 2.07. The van der Waals surface area contributed by atoms with Gasteiger partial charge in [-0.2, -0.15) is 0 Å². The van der Waals surface area contributed by atoms with E-state index in [9.17, 15) is 5.11 Å². The molecule has 0 saturated heterocycles. The Morgan fingerprint density at radius 1 is 1.22 bits per heavy atom. The van der Waals surface area contributed by atoms with Crippen LogP contribution in [0.2, 0.25) is 0 Å². The second kappa shape index (κ2) is 4.03. The van der Waals surface area contributed by atoms with E-state index in [0.717, 1.165) is 17.0 Å². The van der Waals surface area contributed by atoms with E-state index in [0.29, 0.717) is 5.82 Å². The number of aromatic nitrogens is 3. The van der Waals surface area contributed by atoms with Crippen LogP contribution < -0.4 is 4.74 Å². The number of methoxy groups -OCH3 is 1. The summed E-state index contributed by atoms with van der Waals surface area (Å²) in [6, 6.07) is 10.5. The lowest BCUT2D eigenvalue weighted by molar-refractivity contribution is 0.411. The number of pyridine rings is 1. The van der Waals surface area contributed by atoms with Crippen LogP contribution in [0.1, 0.15) is 0 Å². The quantitative estimate of drug-likeness (QED) is 0.746. The van der Waals surface area contributed by atoms with Crippen LogP contribution in [0.5, 0.6) is 11.5 Å². The van der Waals surface area contributed by atoms with Crippen LogP contribution in [0.25, 0.3) is 17.0 Å². The maximum atomic E-state index is 9.45. The molecular formula is C13H11N3O2. The highest BCUT2D eigenvalue weighted by atomic mass is 16.5. The number of hydrogen-bond acceptors (Lipinski definition) is 4. The number of aromatic hydroxyl groups is 1. The molecule has 18 heavy (non-hydrogen) atoms. The summed E-state index contributed by atoms with van der Waals surface area (Å²) in [7, 11) is 1.61. The summed E-state index contributed by atoms with van der Waals surface area (Å²) in [5, 5.41) is 13.8. The third-order valence-electron chi connectivity index (χ3n) is 2.64. The van der Waals surface area contributed by atoms with Crippen LogP contribution in [0.3, 0.4) is 0 Å². The van der Waals surface area contributed by atoms with Gasteiger partial charge in [-0.15, -0.1) is 5.10 Å². The van der Waals surface area contributed by atoms with Crippen molar-refractivity contribution < 1.29 is 9.84 Å². The van der Waals surface area contributed by atoms with E-state index < -0.39 is 0 Å². The van der Waals surface area contributed by atoms with Gasteiger partial charge in [-0.25, -0.2) is 9.50 Å². The number of rotatable bonds is 2. The fourth-order valence-corrected chi connectivity index (χ4v) is 1.75. The zero-order valence-electron chi connectivity index (χ0n) is 9.74. The Kier molecular flexibility index (Phi) is 2.37. The Balaban J connectivity index is 2.13. The molecule has 0 fully saturated rings. The van der Waals surface area contributed by atoms with Crippen molar-refractivity contribution in [3.05, 3.63) is 42.6 Å². The van der Waals surface area contributed by atoms with Crippen molar-refractivity contribution in [3.8, 4) is 22.9 Å². The van der Waals surface area contributed by atoms with Gasteiger partial charge in [0.2, 0.25) is 0 Å². The molecule has 3 rings (SSSR count). The lowest BCUT2D eigenvalue weighted by atomic mass is 10.2. The molecule has 0 spiro atoms. The molecule has 90 valence electrons. The van der Waals surface area contributed by atoms with Crippen LogP contribution in [-0.4, -0.2) is 26.8 Å². The van der Waals surface area contributed by atoms with Crippen molar-refractivity contribution in [2.24, 2.45) is 0 Å². The lowest BCUT2D eigenvalue weighted by Crippen LogP contribution is -1.90. The van der Waals surface area contributed by atoms with Crippen molar-refractivity contribution in [3.63, 3.8) is 0 Å². The zero-order valence-corrected chi connectivity index (χ0v) is 9.74. The maximum absolute atomic E-state index is 9.45. The van der Waals surface area contributed by atoms with Gasteiger partial charge in [0.1, 0.15) is 11.5 Å². The molecule has 0 bridgehead atoms. The minimum Gasteiger partial charge on any atom is -0.508 e. The smallest absolute Gasteiger partial charge is 0.182 e. The molecule has 0 saturated carbocycles. The van der Waals surface area contributed by atoms with Crippen LogP contribution in [0, 0.1) is 0 Å². The van der Waals surface area contributed by atoms with E-state index in [-0.39, 0.29) is 5.75 Å². The molecule has 2 heterocycles. The van der Waals surface area contributed by atoms with Gasteiger partial charge in [-0.1, -0.05) is 12.1 Å². The Hall–Kier alpha value is -2.56. The molecule has 5 nitrogen and oxygen atoms in total. The third kappa shape index (κ3) is 1.75. The van der Waals surface area contributed by atoms with Gasteiger partial charge in [-0.3, -0.25) is 0 Å². The Labute approximate surface area is 103 Å². The molecule has 0 unspecified atom stereocenters. The molecule has 0 aliphatic rings. The first-order chi connectivity index (χ1) is 8.76. The summed E-state index contributed by atoms with van der Waals surface area (Å²) in [6.45, 7) is 0. The summed E-state index contributed by atoms with van der Waals surface area (Å²) >= 11 is 0. The first-order valence-corrected chi connectivity index (χ1v) is 5.46. The van der Waals surface area contributed by atoms with Crippen molar-refractivity contribution in [1.29, 1.82) is 0 Å². The predicted molar refractivity (Wildman–Crippen MR) is 66.6 cm³/mol. The van der Waals surface area contributed by atoms with Gasteiger partial charge < -0.3 is 9.84 Å². The number of phenols is 1. The normalized spacial score (nSPS) is 10.7. The molecule has 0 atom stereocenters. The number of ether oxygens (including phenoxy) is 1. The van der Waals surface area contributed by atoms with E-state index in [1.165, 1.54) is 0 Å². The van der Waals surface area contributed by atoms with Gasteiger partial charge >= 0.3 is 0 Å². The molecule has 0 radical (unpaired) electrons. The number of hydrogen-bond donors (Lipinski definition) is 1. The molecular weight excluding hydrogens is 230 g/mol. The Morgan fingerprint density at radius 2 is 2.11 bits per heavy atom. The molecule has 0 aliphatic heterocycles. The summed E-state index contributed by atoms with van der Waals surface area (Å²) in [4.78, 5) is 4.38. The average Bonchev–Trinajstić information content (AvgIpc) is 2.81. The van der Waals surface area contributed by atoms with Crippen molar-refractivity contribution >= 4 is 5.65 Å². The molecule has 2 aromatic heterocycles. The number of nitrogens with zero attached hydrogens (tertiary/aromatic N) is 3. The van der Waals surface area contributed by atoms with Gasteiger partial charge in [0.15, 0.2) is 11.5 Å². The summed E-state index contributed by atoms with van der Waals surface area (Å²) in [6.07, 6.45) is 1.76. The first-order valence-electron chi connectivity index (χ1n) is 5.46. The lowest BCUT2D eigenvalue weighted by Gasteiger charge is -1.97. The van der Waals surface area contributed by atoms with Crippen LogP contribution in [0.15, 0.2) is 42.6 Å². The Morgan fingerprint density at radius 3 is 2.89 bits per heavy atom. The van der Waals surface area contributed by atoms with Crippen LogP contribution in [-0.2, 0) is 0 Å². The van der Waals surface area contributed by atoms with Crippen LogP contribution in [0.4, 0.5) is 0 Å². The largest absolute Gasteiger partial charge is 0.508 e. The molecule has 3 aromatic rings. The summed E-state index contributed by atoms with van der Waals surface area (Å²) in [5.74, 6) is 1.48. The van der Waals surface area contributed by atoms with Crippen LogP contribution >= 0.6 is 0 Å². The SMILES string of the molecule is COc1ccc2nc(-c3cccc(O)c3)nn2c1. The zero-order chi connectivity index (χ0) is 12.5. The topological polar surface area (TPSA) is 59.7 Å². The highest BCUT2D eigenvalue weighted by molar-refractivity contribution is 5.60. The molecule has 5 heteroatoms. The third-order valence-corrected chi connectivity index (χ3v) is 2.64. The minimum atomic E-state index is 0.198. The van der Waals surface area contributed by atoms with E-state index >= 15 is 0 Å². The fraction of sp³-hybridized carbons (Fsp3) is 0.0769. The van der Waals surface area contributed by atoms with Crippen molar-refractivity contribution in [1.82, 2.24) is 14.6 Å². The molecule has 0 amide bonds. The molecule has 0 aliphatic carbocycles. The first kappa shape index (κ1) is 10.6. The minimum absolute atomic E-state index is 0.198. The van der Waals surface area contributed by atoms with Gasteiger partial charge in [0.05, 0.1) is 13.3 Å². The van der Waals surface area contributed by atoms with Gasteiger partial charge in [-0.05, 0) is 24.3 Å². The standard InChI is InChI=1S/C13H11N3O2/c1-18-11-5-6-12-14-13(15-16(12)8-11)9-3-2-4-10(17)7-9/h2-8,17H,1H3. The summed E-state index contributed by atoms with van der Waals surface area (Å²) in [5.41, 5.74) is 1.51. The van der Waals surface area contributed by atoms with E-state index in [4.69, 9.17) is 4.74 Å².